The predicted molar refractivity (Wildman–Crippen MR) is 85.7 cm³/mol. The maximum Gasteiger partial charge on any atom is 0.240 e. The first kappa shape index (κ1) is 18.2. The fraction of sp³-hybridized carbons (Fsp3) is 0.571. The lowest BCUT2D eigenvalue weighted by Crippen LogP contribution is -2.45. The first-order valence-corrected chi connectivity index (χ1v) is 8.45. The number of rotatable bonds is 5. The number of hydrogen-bond acceptors (Lipinski definition) is 4. The van der Waals surface area contributed by atoms with Gasteiger partial charge in [0.15, 0.2) is 0 Å². The molecule has 2 N–H and O–H groups in total. The topological polar surface area (TPSA) is 67.4 Å². The molecule has 1 aromatic rings. The summed E-state index contributed by atoms with van der Waals surface area (Å²) in [7, 11) is -3.45. The zero-order valence-electron chi connectivity index (χ0n) is 12.3. The largest absolute Gasteiger partial charge is 0.491 e. The normalized spacial score (nSPS) is 19.1. The van der Waals surface area contributed by atoms with Crippen LogP contribution in [-0.2, 0) is 10.0 Å². The Hall–Kier alpha value is -0.820. The molecule has 5 nitrogen and oxygen atoms in total. The molecule has 0 aromatic heterocycles. The van der Waals surface area contributed by atoms with Crippen LogP contribution in [0, 0.1) is 0 Å². The summed E-state index contributed by atoms with van der Waals surface area (Å²) in [5.74, 6) is 0.679. The molecule has 0 saturated carbocycles. The van der Waals surface area contributed by atoms with Crippen LogP contribution in [0.3, 0.4) is 0 Å². The molecule has 1 aliphatic heterocycles. The first-order chi connectivity index (χ1) is 9.47. The van der Waals surface area contributed by atoms with Crippen molar-refractivity contribution in [3.05, 3.63) is 24.3 Å². The average Bonchev–Trinajstić information content (AvgIpc) is 2.39. The summed E-state index contributed by atoms with van der Waals surface area (Å²) < 4.78 is 32.8. The minimum atomic E-state index is -3.45. The summed E-state index contributed by atoms with van der Waals surface area (Å²) in [6.07, 6.45) is 1.94. The van der Waals surface area contributed by atoms with Crippen molar-refractivity contribution in [2.45, 2.75) is 43.7 Å². The highest BCUT2D eigenvalue weighted by Gasteiger charge is 2.21. The number of ether oxygens (including phenoxy) is 1. The van der Waals surface area contributed by atoms with Crippen LogP contribution in [0.5, 0.6) is 5.75 Å². The van der Waals surface area contributed by atoms with Crippen molar-refractivity contribution in [3.8, 4) is 5.75 Å². The van der Waals surface area contributed by atoms with Crippen LogP contribution in [-0.4, -0.2) is 33.7 Å². The Morgan fingerprint density at radius 3 is 2.48 bits per heavy atom. The second kappa shape index (κ2) is 7.98. The Labute approximate surface area is 132 Å². The van der Waals surface area contributed by atoms with E-state index in [-0.39, 0.29) is 29.4 Å². The highest BCUT2D eigenvalue weighted by Crippen LogP contribution is 2.18. The Morgan fingerprint density at radius 2 is 1.95 bits per heavy atom. The van der Waals surface area contributed by atoms with E-state index in [4.69, 9.17) is 4.74 Å². The highest BCUT2D eigenvalue weighted by molar-refractivity contribution is 7.89. The van der Waals surface area contributed by atoms with E-state index in [9.17, 15) is 8.42 Å². The summed E-state index contributed by atoms with van der Waals surface area (Å²) in [5.41, 5.74) is 0. The maximum absolute atomic E-state index is 12.3. The van der Waals surface area contributed by atoms with E-state index in [0.29, 0.717) is 12.3 Å². The molecular formula is C14H23ClN2O3S. The van der Waals surface area contributed by atoms with Crippen molar-refractivity contribution in [1.82, 2.24) is 10.0 Å². The van der Waals surface area contributed by atoms with E-state index in [0.717, 1.165) is 19.4 Å². The van der Waals surface area contributed by atoms with Crippen LogP contribution in [0.25, 0.3) is 0 Å². The minimum Gasteiger partial charge on any atom is -0.491 e. The summed E-state index contributed by atoms with van der Waals surface area (Å²) in [6, 6.07) is 6.51. The molecule has 1 atom stereocenters. The van der Waals surface area contributed by atoms with E-state index in [1.807, 2.05) is 13.8 Å². The smallest absolute Gasteiger partial charge is 0.240 e. The van der Waals surface area contributed by atoms with Gasteiger partial charge in [-0.3, -0.25) is 0 Å². The van der Waals surface area contributed by atoms with E-state index in [1.54, 1.807) is 24.3 Å². The molecule has 7 heteroatoms. The third-order valence-corrected chi connectivity index (χ3v) is 4.66. The van der Waals surface area contributed by atoms with Crippen LogP contribution >= 0.6 is 12.4 Å². The Balaban J connectivity index is 0.00000220. The lowest BCUT2D eigenvalue weighted by Gasteiger charge is -2.23. The molecule has 0 bridgehead atoms. The fourth-order valence-electron chi connectivity index (χ4n) is 2.21. The van der Waals surface area contributed by atoms with Crippen molar-refractivity contribution in [1.29, 1.82) is 0 Å². The summed E-state index contributed by atoms with van der Waals surface area (Å²) >= 11 is 0. The van der Waals surface area contributed by atoms with Gasteiger partial charge in [-0.2, -0.15) is 0 Å². The molecule has 0 spiro atoms. The Bertz CT molecular complexity index is 526. The van der Waals surface area contributed by atoms with Crippen LogP contribution < -0.4 is 14.8 Å². The van der Waals surface area contributed by atoms with E-state index >= 15 is 0 Å². The molecule has 21 heavy (non-hydrogen) atoms. The average molecular weight is 335 g/mol. The lowest BCUT2D eigenvalue weighted by atomic mass is 10.1. The van der Waals surface area contributed by atoms with Gasteiger partial charge in [0.1, 0.15) is 5.75 Å². The number of benzene rings is 1. The second-order valence-corrected chi connectivity index (χ2v) is 7.02. The SMILES string of the molecule is CC(C)Oc1ccc(S(=O)(=O)NC2CCCNC2)cc1.Cl. The number of hydrogen-bond donors (Lipinski definition) is 2. The van der Waals surface area contributed by atoms with Gasteiger partial charge in [-0.25, -0.2) is 13.1 Å². The molecule has 1 aliphatic rings. The van der Waals surface area contributed by atoms with E-state index in [2.05, 4.69) is 10.0 Å². The Morgan fingerprint density at radius 1 is 1.29 bits per heavy atom. The molecule has 0 radical (unpaired) electrons. The number of nitrogens with one attached hydrogen (secondary N) is 2. The third-order valence-electron chi connectivity index (χ3n) is 3.12. The molecule has 2 rings (SSSR count). The van der Waals surface area contributed by atoms with Gasteiger partial charge in [-0.05, 0) is 57.5 Å². The maximum atomic E-state index is 12.3. The number of halogens is 1. The van der Waals surface area contributed by atoms with Gasteiger partial charge < -0.3 is 10.1 Å². The monoisotopic (exact) mass is 334 g/mol. The van der Waals surface area contributed by atoms with Crippen LogP contribution in [0.1, 0.15) is 26.7 Å². The number of piperidine rings is 1. The van der Waals surface area contributed by atoms with Gasteiger partial charge in [-0.1, -0.05) is 0 Å². The highest BCUT2D eigenvalue weighted by atomic mass is 35.5. The van der Waals surface area contributed by atoms with Crippen molar-refractivity contribution < 1.29 is 13.2 Å². The van der Waals surface area contributed by atoms with Crippen LogP contribution in [0.4, 0.5) is 0 Å². The summed E-state index contributed by atoms with van der Waals surface area (Å²) in [5, 5.41) is 3.19. The third kappa shape index (κ3) is 5.47. The Kier molecular flexibility index (Phi) is 6.93. The number of sulfonamides is 1. The molecule has 1 heterocycles. The molecular weight excluding hydrogens is 312 g/mol. The van der Waals surface area contributed by atoms with Gasteiger partial charge in [0.25, 0.3) is 0 Å². The second-order valence-electron chi connectivity index (χ2n) is 5.30. The van der Waals surface area contributed by atoms with Gasteiger partial charge in [0, 0.05) is 12.6 Å². The zero-order chi connectivity index (χ0) is 14.6. The molecule has 0 aliphatic carbocycles. The summed E-state index contributed by atoms with van der Waals surface area (Å²) in [4.78, 5) is 0.277. The minimum absolute atomic E-state index is 0. The molecule has 1 fully saturated rings. The molecule has 120 valence electrons. The lowest BCUT2D eigenvalue weighted by molar-refractivity contribution is 0.242. The predicted octanol–water partition coefficient (Wildman–Crippen LogP) is 1.93. The molecule has 1 saturated heterocycles. The van der Waals surface area contributed by atoms with Crippen molar-refractivity contribution in [2.75, 3.05) is 13.1 Å². The van der Waals surface area contributed by atoms with Crippen LogP contribution in [0.2, 0.25) is 0 Å². The molecule has 0 amide bonds. The molecule has 1 aromatic carbocycles. The van der Waals surface area contributed by atoms with Crippen molar-refractivity contribution >= 4 is 22.4 Å². The summed E-state index contributed by atoms with van der Waals surface area (Å²) in [6.45, 7) is 5.51. The van der Waals surface area contributed by atoms with Crippen LogP contribution in [0.15, 0.2) is 29.2 Å². The molecule has 1 unspecified atom stereocenters. The standard InChI is InChI=1S/C14H22N2O3S.ClH/c1-11(2)19-13-5-7-14(8-6-13)20(17,18)16-12-4-3-9-15-10-12;/h5-8,11-12,15-16H,3-4,9-10H2,1-2H3;1H. The van der Waals surface area contributed by atoms with Crippen molar-refractivity contribution in [2.24, 2.45) is 0 Å². The van der Waals surface area contributed by atoms with E-state index in [1.165, 1.54) is 0 Å². The quantitative estimate of drug-likeness (QED) is 0.863. The van der Waals surface area contributed by atoms with E-state index < -0.39 is 10.0 Å². The van der Waals surface area contributed by atoms with Crippen molar-refractivity contribution in [3.63, 3.8) is 0 Å². The first-order valence-electron chi connectivity index (χ1n) is 6.97. The van der Waals surface area contributed by atoms with Gasteiger partial charge >= 0.3 is 0 Å². The zero-order valence-corrected chi connectivity index (χ0v) is 14.0. The van der Waals surface area contributed by atoms with Gasteiger partial charge in [0.2, 0.25) is 10.0 Å². The van der Waals surface area contributed by atoms with Gasteiger partial charge in [-0.15, -0.1) is 12.4 Å². The van der Waals surface area contributed by atoms with Gasteiger partial charge in [0.05, 0.1) is 11.0 Å². The fourth-order valence-corrected chi connectivity index (χ4v) is 3.48.